The first-order valence-corrected chi connectivity index (χ1v) is 9.05. The summed E-state index contributed by atoms with van der Waals surface area (Å²) >= 11 is 0. The summed E-state index contributed by atoms with van der Waals surface area (Å²) in [5.41, 5.74) is 3.41. The van der Waals surface area contributed by atoms with Crippen molar-refractivity contribution in [3.05, 3.63) is 83.9 Å². The molecule has 0 spiro atoms. The van der Waals surface area contributed by atoms with Crippen molar-refractivity contribution >= 4 is 16.4 Å². The lowest BCUT2D eigenvalue weighted by molar-refractivity contribution is 0.112. The van der Waals surface area contributed by atoms with Crippen LogP contribution in [0, 0.1) is 6.92 Å². The lowest BCUT2D eigenvalue weighted by Gasteiger charge is -2.08. The minimum absolute atomic E-state index is 0.117. The molecular formula is C20H16O4S. The van der Waals surface area contributed by atoms with E-state index in [2.05, 4.69) is 0 Å². The van der Waals surface area contributed by atoms with Crippen LogP contribution in [0.1, 0.15) is 15.9 Å². The fourth-order valence-electron chi connectivity index (χ4n) is 2.34. The molecule has 4 nitrogen and oxygen atoms in total. The van der Waals surface area contributed by atoms with Crippen LogP contribution in [0.15, 0.2) is 77.7 Å². The molecule has 0 saturated heterocycles. The van der Waals surface area contributed by atoms with Crippen LogP contribution < -0.4 is 4.18 Å². The Morgan fingerprint density at radius 1 is 0.760 bits per heavy atom. The molecule has 3 rings (SSSR count). The number of benzene rings is 3. The van der Waals surface area contributed by atoms with E-state index in [9.17, 15) is 13.2 Å². The van der Waals surface area contributed by atoms with E-state index >= 15 is 0 Å². The molecule has 3 aromatic rings. The van der Waals surface area contributed by atoms with Gasteiger partial charge in [0.1, 0.15) is 16.9 Å². The van der Waals surface area contributed by atoms with Crippen LogP contribution in [0.3, 0.4) is 0 Å². The Morgan fingerprint density at radius 3 is 1.80 bits per heavy atom. The summed E-state index contributed by atoms with van der Waals surface area (Å²) in [6, 6.07) is 20.4. The van der Waals surface area contributed by atoms with Crippen LogP contribution in [-0.4, -0.2) is 14.7 Å². The molecule has 0 heterocycles. The van der Waals surface area contributed by atoms with Gasteiger partial charge in [0.2, 0.25) is 0 Å². The molecule has 0 atom stereocenters. The fraction of sp³-hybridized carbons (Fsp3) is 0.0500. The Bertz CT molecular complexity index is 971. The zero-order valence-electron chi connectivity index (χ0n) is 13.5. The van der Waals surface area contributed by atoms with Gasteiger partial charge in [-0.3, -0.25) is 4.79 Å². The second kappa shape index (κ2) is 6.91. The van der Waals surface area contributed by atoms with E-state index in [1.165, 1.54) is 12.1 Å². The SMILES string of the molecule is Cc1ccc(S(=O)(=O)Oc2ccc(-c3ccc(C=O)cc3)cc2)cc1. The van der Waals surface area contributed by atoms with Crippen molar-refractivity contribution < 1.29 is 17.4 Å². The first-order chi connectivity index (χ1) is 12.0. The van der Waals surface area contributed by atoms with Gasteiger partial charge in [-0.2, -0.15) is 8.42 Å². The number of aryl methyl sites for hydroxylation is 1. The maximum absolute atomic E-state index is 12.3. The Kier molecular flexibility index (Phi) is 4.67. The monoisotopic (exact) mass is 352 g/mol. The van der Waals surface area contributed by atoms with Crippen LogP contribution >= 0.6 is 0 Å². The summed E-state index contributed by atoms with van der Waals surface area (Å²) in [5.74, 6) is 0.244. The maximum Gasteiger partial charge on any atom is 0.339 e. The zero-order valence-corrected chi connectivity index (χ0v) is 14.4. The van der Waals surface area contributed by atoms with Crippen molar-refractivity contribution in [2.75, 3.05) is 0 Å². The van der Waals surface area contributed by atoms with E-state index in [0.29, 0.717) is 5.56 Å². The molecule has 0 fully saturated rings. The van der Waals surface area contributed by atoms with Crippen molar-refractivity contribution in [3.63, 3.8) is 0 Å². The quantitative estimate of drug-likeness (QED) is 0.509. The normalized spacial score (nSPS) is 11.1. The van der Waals surface area contributed by atoms with Gasteiger partial charge in [0.25, 0.3) is 0 Å². The van der Waals surface area contributed by atoms with E-state index < -0.39 is 10.1 Å². The summed E-state index contributed by atoms with van der Waals surface area (Å²) in [6.45, 7) is 1.89. The number of rotatable bonds is 5. The molecule has 3 aromatic carbocycles. The van der Waals surface area contributed by atoms with E-state index in [1.54, 1.807) is 48.5 Å². The predicted molar refractivity (Wildman–Crippen MR) is 96.3 cm³/mol. The number of hydrogen-bond donors (Lipinski definition) is 0. The average molecular weight is 352 g/mol. The number of aldehydes is 1. The van der Waals surface area contributed by atoms with Crippen molar-refractivity contribution in [1.29, 1.82) is 0 Å². The third-order valence-corrected chi connectivity index (χ3v) is 5.01. The molecule has 5 heteroatoms. The maximum atomic E-state index is 12.3. The van der Waals surface area contributed by atoms with Crippen molar-refractivity contribution in [1.82, 2.24) is 0 Å². The Morgan fingerprint density at radius 2 is 1.28 bits per heavy atom. The summed E-state index contributed by atoms with van der Waals surface area (Å²) in [6.07, 6.45) is 0.788. The van der Waals surface area contributed by atoms with Crippen LogP contribution in [0.25, 0.3) is 11.1 Å². The van der Waals surface area contributed by atoms with Gasteiger partial charge in [-0.1, -0.05) is 54.1 Å². The molecule has 126 valence electrons. The lowest BCUT2D eigenvalue weighted by Crippen LogP contribution is -2.09. The van der Waals surface area contributed by atoms with Crippen LogP contribution in [0.4, 0.5) is 0 Å². The highest BCUT2D eigenvalue weighted by molar-refractivity contribution is 7.87. The van der Waals surface area contributed by atoms with Gasteiger partial charge in [0, 0.05) is 5.56 Å². The number of carbonyl (C=O) groups is 1. The molecular weight excluding hydrogens is 336 g/mol. The van der Waals surface area contributed by atoms with Crippen LogP contribution in [0.5, 0.6) is 5.75 Å². The van der Waals surface area contributed by atoms with Gasteiger partial charge in [0.15, 0.2) is 0 Å². The van der Waals surface area contributed by atoms with Crippen molar-refractivity contribution in [3.8, 4) is 16.9 Å². The molecule has 0 aromatic heterocycles. The van der Waals surface area contributed by atoms with Gasteiger partial charge >= 0.3 is 10.1 Å². The van der Waals surface area contributed by atoms with Gasteiger partial charge < -0.3 is 4.18 Å². The first-order valence-electron chi connectivity index (χ1n) is 7.65. The minimum atomic E-state index is -3.86. The highest BCUT2D eigenvalue weighted by atomic mass is 32.2. The molecule has 0 unspecified atom stereocenters. The minimum Gasteiger partial charge on any atom is -0.379 e. The summed E-state index contributed by atoms with van der Waals surface area (Å²) in [4.78, 5) is 10.8. The molecule has 0 radical (unpaired) electrons. The lowest BCUT2D eigenvalue weighted by atomic mass is 10.0. The average Bonchev–Trinajstić information content (AvgIpc) is 2.62. The second-order valence-electron chi connectivity index (χ2n) is 5.61. The molecule has 0 amide bonds. The summed E-state index contributed by atoms with van der Waals surface area (Å²) in [7, 11) is -3.86. The number of carbonyl (C=O) groups excluding carboxylic acids is 1. The van der Waals surface area contributed by atoms with Gasteiger partial charge in [-0.15, -0.1) is 0 Å². The van der Waals surface area contributed by atoms with Gasteiger partial charge in [0.05, 0.1) is 0 Å². The topological polar surface area (TPSA) is 60.4 Å². The van der Waals surface area contributed by atoms with Crippen molar-refractivity contribution in [2.45, 2.75) is 11.8 Å². The third kappa shape index (κ3) is 3.95. The standard InChI is InChI=1S/C20H16O4S/c1-15-2-12-20(13-3-15)25(22,23)24-19-10-8-18(9-11-19)17-6-4-16(14-21)5-7-17/h2-14H,1H3. The van der Waals surface area contributed by atoms with Crippen LogP contribution in [-0.2, 0) is 10.1 Å². The molecule has 0 aliphatic heterocycles. The smallest absolute Gasteiger partial charge is 0.339 e. The van der Waals surface area contributed by atoms with Crippen LogP contribution in [0.2, 0.25) is 0 Å². The largest absolute Gasteiger partial charge is 0.379 e. The molecule has 0 N–H and O–H groups in total. The van der Waals surface area contributed by atoms with E-state index in [0.717, 1.165) is 23.0 Å². The predicted octanol–water partition coefficient (Wildman–Crippen LogP) is 4.24. The number of hydrogen-bond acceptors (Lipinski definition) is 4. The molecule has 0 saturated carbocycles. The summed E-state index contributed by atoms with van der Waals surface area (Å²) < 4.78 is 29.7. The zero-order chi connectivity index (χ0) is 17.9. The van der Waals surface area contributed by atoms with E-state index in [1.807, 2.05) is 19.1 Å². The Hall–Kier alpha value is -2.92. The second-order valence-corrected chi connectivity index (χ2v) is 7.16. The van der Waals surface area contributed by atoms with E-state index in [4.69, 9.17) is 4.18 Å². The Balaban J connectivity index is 1.80. The first kappa shape index (κ1) is 16.9. The summed E-state index contributed by atoms with van der Waals surface area (Å²) in [5, 5.41) is 0. The highest BCUT2D eigenvalue weighted by Gasteiger charge is 2.16. The third-order valence-electron chi connectivity index (χ3n) is 3.75. The molecule has 0 aliphatic carbocycles. The fourth-order valence-corrected chi connectivity index (χ4v) is 3.27. The molecule has 0 aliphatic rings. The Labute approximate surface area is 146 Å². The van der Waals surface area contributed by atoms with E-state index in [-0.39, 0.29) is 10.6 Å². The van der Waals surface area contributed by atoms with Gasteiger partial charge in [-0.25, -0.2) is 0 Å². The van der Waals surface area contributed by atoms with Crippen molar-refractivity contribution in [2.24, 2.45) is 0 Å². The highest BCUT2D eigenvalue weighted by Crippen LogP contribution is 2.24. The van der Waals surface area contributed by atoms with Gasteiger partial charge in [-0.05, 0) is 42.3 Å². The molecule has 0 bridgehead atoms. The molecule has 25 heavy (non-hydrogen) atoms.